The van der Waals surface area contributed by atoms with E-state index >= 15 is 0 Å². The number of nitrogens with zero attached hydrogens (tertiary/aromatic N) is 1. The molecule has 1 fully saturated rings. The van der Waals surface area contributed by atoms with E-state index in [0.717, 1.165) is 24.6 Å². The van der Waals surface area contributed by atoms with Gasteiger partial charge in [0.15, 0.2) is 0 Å². The van der Waals surface area contributed by atoms with E-state index in [-0.39, 0.29) is 6.04 Å². The van der Waals surface area contributed by atoms with Crippen molar-refractivity contribution < 1.29 is 0 Å². The maximum absolute atomic E-state index is 4.55. The minimum absolute atomic E-state index is 0.248. The smallest absolute Gasteiger partial charge is 0.0795 e. The van der Waals surface area contributed by atoms with Crippen LogP contribution in [0.5, 0.6) is 0 Å². The van der Waals surface area contributed by atoms with Crippen LogP contribution >= 0.6 is 11.3 Å². The van der Waals surface area contributed by atoms with Gasteiger partial charge in [0.05, 0.1) is 17.2 Å². The third-order valence-corrected chi connectivity index (χ3v) is 4.80. The van der Waals surface area contributed by atoms with Crippen molar-refractivity contribution in [1.29, 1.82) is 0 Å². The Labute approximate surface area is 125 Å². The maximum atomic E-state index is 4.55. The number of aromatic nitrogens is 1. The fourth-order valence-electron chi connectivity index (χ4n) is 2.89. The van der Waals surface area contributed by atoms with Gasteiger partial charge in [0.2, 0.25) is 0 Å². The lowest BCUT2D eigenvalue weighted by atomic mass is 9.77. The summed E-state index contributed by atoms with van der Waals surface area (Å²) in [4.78, 5) is 4.55. The van der Waals surface area contributed by atoms with Crippen LogP contribution in [0.4, 0.5) is 0 Å². The van der Waals surface area contributed by atoms with E-state index < -0.39 is 0 Å². The molecular weight excluding hydrogens is 264 g/mol. The molecule has 0 amide bonds. The zero-order chi connectivity index (χ0) is 13.8. The lowest BCUT2D eigenvalue weighted by molar-refractivity contribution is 0.414. The van der Waals surface area contributed by atoms with Crippen LogP contribution in [0.3, 0.4) is 0 Å². The van der Waals surface area contributed by atoms with E-state index in [1.807, 2.05) is 5.51 Å². The molecule has 2 nitrogen and oxygen atoms in total. The minimum Gasteiger partial charge on any atom is -0.305 e. The molecule has 3 heteroatoms. The van der Waals surface area contributed by atoms with Crippen LogP contribution in [0.2, 0.25) is 0 Å². The van der Waals surface area contributed by atoms with Crippen LogP contribution in [0.15, 0.2) is 35.2 Å². The summed E-state index contributed by atoms with van der Waals surface area (Å²) in [5.74, 6) is 0.760. The van der Waals surface area contributed by atoms with Gasteiger partial charge in [-0.1, -0.05) is 37.6 Å². The Bertz CT molecular complexity index is 532. The molecule has 20 heavy (non-hydrogen) atoms. The largest absolute Gasteiger partial charge is 0.305 e. The molecule has 0 radical (unpaired) electrons. The van der Waals surface area contributed by atoms with E-state index in [0.29, 0.717) is 0 Å². The molecule has 1 aromatic carbocycles. The van der Waals surface area contributed by atoms with Crippen molar-refractivity contribution in [2.75, 3.05) is 6.54 Å². The molecule has 1 aliphatic rings. The van der Waals surface area contributed by atoms with E-state index in [4.69, 9.17) is 0 Å². The highest BCUT2D eigenvalue weighted by molar-refractivity contribution is 7.07. The normalized spacial score (nSPS) is 16.9. The molecular formula is C17H22N2S. The van der Waals surface area contributed by atoms with E-state index in [1.165, 1.54) is 30.4 Å². The molecule has 2 aromatic rings. The number of benzene rings is 1. The number of nitrogens with one attached hydrogen (secondary N) is 1. The number of hydrogen-bond acceptors (Lipinski definition) is 3. The maximum Gasteiger partial charge on any atom is 0.0795 e. The molecule has 1 aromatic heterocycles. The monoisotopic (exact) mass is 286 g/mol. The van der Waals surface area contributed by atoms with Gasteiger partial charge in [-0.3, -0.25) is 0 Å². The Hall–Kier alpha value is -1.19. The summed E-state index contributed by atoms with van der Waals surface area (Å²) in [6, 6.07) is 9.17. The van der Waals surface area contributed by atoms with Crippen molar-refractivity contribution in [3.63, 3.8) is 0 Å². The predicted octanol–water partition coefficient (Wildman–Crippen LogP) is 4.50. The van der Waals surface area contributed by atoms with E-state index in [2.05, 4.69) is 46.9 Å². The molecule has 0 bridgehead atoms. The van der Waals surface area contributed by atoms with Crippen LogP contribution in [-0.2, 0) is 0 Å². The van der Waals surface area contributed by atoms with Crippen molar-refractivity contribution in [3.05, 3.63) is 52.0 Å². The summed E-state index contributed by atoms with van der Waals surface area (Å²) in [7, 11) is 0. The molecule has 1 unspecified atom stereocenters. The minimum atomic E-state index is 0.248. The van der Waals surface area contributed by atoms with Gasteiger partial charge in [-0.2, -0.15) is 0 Å². The molecule has 1 atom stereocenters. The van der Waals surface area contributed by atoms with Gasteiger partial charge in [-0.15, -0.1) is 11.3 Å². The molecule has 1 heterocycles. The first-order chi connectivity index (χ1) is 9.90. The Kier molecular flexibility index (Phi) is 4.48. The fourth-order valence-corrected chi connectivity index (χ4v) is 3.47. The van der Waals surface area contributed by atoms with E-state index in [9.17, 15) is 0 Å². The average Bonchev–Trinajstić information content (AvgIpc) is 2.93. The predicted molar refractivity (Wildman–Crippen MR) is 85.3 cm³/mol. The summed E-state index contributed by atoms with van der Waals surface area (Å²) in [5.41, 5.74) is 6.05. The summed E-state index contributed by atoms with van der Waals surface area (Å²) in [6.45, 7) is 3.24. The zero-order valence-corrected chi connectivity index (χ0v) is 12.8. The Morgan fingerprint density at radius 3 is 2.85 bits per heavy atom. The quantitative estimate of drug-likeness (QED) is 0.845. The highest BCUT2D eigenvalue weighted by atomic mass is 32.1. The molecule has 106 valence electrons. The van der Waals surface area contributed by atoms with Gasteiger partial charge < -0.3 is 5.32 Å². The second kappa shape index (κ2) is 6.51. The third-order valence-electron chi connectivity index (χ3n) is 4.20. The standard InChI is InChI=1S/C17H22N2S/c1-2-10-18-17(16-11-20-12-19-16)15-9-4-3-8-14(15)13-6-5-7-13/h3-4,8-9,11-13,17-18H,2,5-7,10H2,1H3. The van der Waals surface area contributed by atoms with Gasteiger partial charge in [-0.05, 0) is 42.9 Å². The molecule has 3 rings (SSSR count). The van der Waals surface area contributed by atoms with Crippen molar-refractivity contribution in [2.45, 2.75) is 44.6 Å². The van der Waals surface area contributed by atoms with Crippen molar-refractivity contribution in [1.82, 2.24) is 10.3 Å². The fraction of sp³-hybridized carbons (Fsp3) is 0.471. The molecule has 1 N–H and O–H groups in total. The molecule has 0 saturated heterocycles. The van der Waals surface area contributed by atoms with Gasteiger partial charge in [0, 0.05) is 5.38 Å². The Morgan fingerprint density at radius 2 is 2.20 bits per heavy atom. The Balaban J connectivity index is 1.94. The first kappa shape index (κ1) is 13.8. The number of thiazole rings is 1. The first-order valence-corrected chi connectivity index (χ1v) is 8.54. The van der Waals surface area contributed by atoms with Crippen molar-refractivity contribution in [2.24, 2.45) is 0 Å². The van der Waals surface area contributed by atoms with Crippen LogP contribution in [-0.4, -0.2) is 11.5 Å². The Morgan fingerprint density at radius 1 is 1.35 bits per heavy atom. The molecule has 1 saturated carbocycles. The molecule has 0 aliphatic heterocycles. The average molecular weight is 286 g/mol. The zero-order valence-electron chi connectivity index (χ0n) is 12.0. The topological polar surface area (TPSA) is 24.9 Å². The molecule has 0 spiro atoms. The van der Waals surface area contributed by atoms with Crippen LogP contribution in [0.1, 0.15) is 61.4 Å². The van der Waals surface area contributed by atoms with Gasteiger partial charge >= 0.3 is 0 Å². The highest BCUT2D eigenvalue weighted by Gasteiger charge is 2.26. The molecule has 1 aliphatic carbocycles. The van der Waals surface area contributed by atoms with Crippen molar-refractivity contribution in [3.8, 4) is 0 Å². The summed E-state index contributed by atoms with van der Waals surface area (Å²) in [5, 5.41) is 5.85. The summed E-state index contributed by atoms with van der Waals surface area (Å²) < 4.78 is 0. The van der Waals surface area contributed by atoms with Gasteiger partial charge in [0.25, 0.3) is 0 Å². The highest BCUT2D eigenvalue weighted by Crippen LogP contribution is 2.40. The lowest BCUT2D eigenvalue weighted by Crippen LogP contribution is -2.25. The SMILES string of the molecule is CCCNC(c1cscn1)c1ccccc1C1CCC1. The van der Waals surface area contributed by atoms with Gasteiger partial charge in [0.1, 0.15) is 0 Å². The summed E-state index contributed by atoms with van der Waals surface area (Å²) in [6.07, 6.45) is 5.21. The van der Waals surface area contributed by atoms with E-state index in [1.54, 1.807) is 11.3 Å². The summed E-state index contributed by atoms with van der Waals surface area (Å²) >= 11 is 1.68. The van der Waals surface area contributed by atoms with Crippen LogP contribution in [0, 0.1) is 0 Å². The lowest BCUT2D eigenvalue weighted by Gasteiger charge is -2.30. The third kappa shape index (κ3) is 2.79. The van der Waals surface area contributed by atoms with Crippen LogP contribution < -0.4 is 5.32 Å². The first-order valence-electron chi connectivity index (χ1n) is 7.60. The number of rotatable bonds is 6. The second-order valence-electron chi connectivity index (χ2n) is 5.56. The number of hydrogen-bond donors (Lipinski definition) is 1. The van der Waals surface area contributed by atoms with Crippen molar-refractivity contribution >= 4 is 11.3 Å². The van der Waals surface area contributed by atoms with Gasteiger partial charge in [-0.25, -0.2) is 4.98 Å². The second-order valence-corrected chi connectivity index (χ2v) is 6.28. The van der Waals surface area contributed by atoms with Crippen LogP contribution in [0.25, 0.3) is 0 Å².